The van der Waals surface area contributed by atoms with Gasteiger partial charge in [-0.2, -0.15) is 0 Å². The fraction of sp³-hybridized carbons (Fsp3) is 0.962. The molecule has 0 saturated carbocycles. The van der Waals surface area contributed by atoms with E-state index in [9.17, 15) is 14.3 Å². The Bertz CT molecular complexity index is 518. The maximum atomic E-state index is 11.9. The summed E-state index contributed by atoms with van der Waals surface area (Å²) in [4.78, 5) is 23.4. The average molecular weight is 508 g/mol. The van der Waals surface area contributed by atoms with Gasteiger partial charge in [0.05, 0.1) is 19.8 Å². The number of nitrogens with zero attached hydrogens (tertiary/aromatic N) is 1. The molecular formula is C26H54NO6P. The molecule has 8 heteroatoms. The molecule has 0 radical (unpaired) electrons. The molecule has 0 aliphatic carbocycles. The molecule has 0 fully saturated rings. The summed E-state index contributed by atoms with van der Waals surface area (Å²) in [5, 5.41) is 0. The van der Waals surface area contributed by atoms with Crippen molar-refractivity contribution in [1.29, 1.82) is 0 Å². The molecule has 0 aromatic heterocycles. The van der Waals surface area contributed by atoms with Gasteiger partial charge in [0.25, 0.3) is 0 Å². The highest BCUT2D eigenvalue weighted by molar-refractivity contribution is 7.47. The molecule has 1 N–H and O–H groups in total. The van der Waals surface area contributed by atoms with E-state index >= 15 is 0 Å². The van der Waals surface area contributed by atoms with Crippen LogP contribution in [-0.2, 0) is 23.1 Å². The largest absolute Gasteiger partial charge is 0.472 e. The molecule has 0 aliphatic rings. The monoisotopic (exact) mass is 507 g/mol. The van der Waals surface area contributed by atoms with Crippen LogP contribution in [0.5, 0.6) is 0 Å². The Hall–Kier alpha value is -0.460. The molecule has 0 bridgehead atoms. The van der Waals surface area contributed by atoms with Gasteiger partial charge < -0.3 is 14.5 Å². The fourth-order valence-electron chi connectivity index (χ4n) is 3.59. The maximum absolute atomic E-state index is 11.9. The van der Waals surface area contributed by atoms with Crippen molar-refractivity contribution in [2.45, 2.75) is 117 Å². The highest BCUT2D eigenvalue weighted by Crippen LogP contribution is 2.43. The number of carbonyl (C=O) groups is 1. The van der Waals surface area contributed by atoms with Gasteiger partial charge in [-0.15, -0.1) is 0 Å². The summed E-state index contributed by atoms with van der Waals surface area (Å²) in [6, 6.07) is 0. The van der Waals surface area contributed by atoms with E-state index in [2.05, 4.69) is 6.92 Å². The van der Waals surface area contributed by atoms with Crippen molar-refractivity contribution in [1.82, 2.24) is 4.90 Å². The number of phosphoric ester groups is 1. The molecule has 7 nitrogen and oxygen atoms in total. The SMILES string of the molecule is CCCCCCCCCCCCCCCCCC(=O)OCC(C)COP(=O)(O)OCCN(C)C. The van der Waals surface area contributed by atoms with Crippen LogP contribution in [0.15, 0.2) is 0 Å². The third kappa shape index (κ3) is 24.7. The van der Waals surface area contributed by atoms with Crippen molar-refractivity contribution in [3.8, 4) is 0 Å². The lowest BCUT2D eigenvalue weighted by Crippen LogP contribution is -2.19. The highest BCUT2D eigenvalue weighted by atomic mass is 31.2. The van der Waals surface area contributed by atoms with E-state index < -0.39 is 7.82 Å². The van der Waals surface area contributed by atoms with Gasteiger partial charge in [0.15, 0.2) is 0 Å². The van der Waals surface area contributed by atoms with Crippen molar-refractivity contribution in [3.63, 3.8) is 0 Å². The lowest BCUT2D eigenvalue weighted by molar-refractivity contribution is -0.145. The summed E-state index contributed by atoms with van der Waals surface area (Å²) in [7, 11) is -0.364. The number of hydrogen-bond donors (Lipinski definition) is 1. The minimum atomic E-state index is -4.06. The molecule has 0 amide bonds. The van der Waals surface area contributed by atoms with E-state index in [-0.39, 0.29) is 31.7 Å². The summed E-state index contributed by atoms with van der Waals surface area (Å²) < 4.78 is 26.9. The van der Waals surface area contributed by atoms with E-state index in [0.717, 1.165) is 12.8 Å². The van der Waals surface area contributed by atoms with Crippen LogP contribution in [0.4, 0.5) is 0 Å². The smallest absolute Gasteiger partial charge is 0.465 e. The first-order valence-corrected chi connectivity index (χ1v) is 15.2. The third-order valence-corrected chi connectivity index (χ3v) is 6.81. The molecule has 204 valence electrons. The van der Waals surface area contributed by atoms with Crippen LogP contribution in [0.25, 0.3) is 0 Å². The zero-order valence-corrected chi connectivity index (χ0v) is 23.5. The molecule has 0 aromatic rings. The second-order valence-electron chi connectivity index (χ2n) is 9.89. The first kappa shape index (κ1) is 33.5. The third-order valence-electron chi connectivity index (χ3n) is 5.83. The predicted octanol–water partition coefficient (Wildman–Crippen LogP) is 7.12. The zero-order valence-electron chi connectivity index (χ0n) is 22.6. The number of unbranched alkanes of at least 4 members (excludes halogenated alkanes) is 14. The van der Waals surface area contributed by atoms with Gasteiger partial charge in [-0.25, -0.2) is 4.57 Å². The van der Waals surface area contributed by atoms with Crippen LogP contribution in [0.1, 0.15) is 117 Å². The molecule has 0 saturated heterocycles. The maximum Gasteiger partial charge on any atom is 0.472 e. The molecule has 2 unspecified atom stereocenters. The van der Waals surface area contributed by atoms with Gasteiger partial charge in [0.1, 0.15) is 0 Å². The van der Waals surface area contributed by atoms with Gasteiger partial charge in [0.2, 0.25) is 0 Å². The number of likely N-dealkylation sites (N-methyl/N-ethyl adjacent to an activating group) is 1. The van der Waals surface area contributed by atoms with Gasteiger partial charge in [-0.05, 0) is 20.5 Å². The number of carbonyl (C=O) groups excluding carboxylic acids is 1. The van der Waals surface area contributed by atoms with E-state index in [4.69, 9.17) is 13.8 Å². The molecule has 0 heterocycles. The van der Waals surface area contributed by atoms with Crippen LogP contribution in [-0.4, -0.2) is 56.2 Å². The second kappa shape index (κ2) is 23.0. The number of phosphoric acid groups is 1. The van der Waals surface area contributed by atoms with Crippen LogP contribution < -0.4 is 0 Å². The molecule has 0 aromatic carbocycles. The van der Waals surface area contributed by atoms with Gasteiger partial charge in [-0.3, -0.25) is 13.8 Å². The summed E-state index contributed by atoms with van der Waals surface area (Å²) in [6.45, 7) is 4.89. The predicted molar refractivity (Wildman–Crippen MR) is 140 cm³/mol. The minimum Gasteiger partial charge on any atom is -0.465 e. The van der Waals surface area contributed by atoms with Crippen molar-refractivity contribution in [3.05, 3.63) is 0 Å². The summed E-state index contributed by atoms with van der Waals surface area (Å²) in [6.07, 6.45) is 19.9. The Labute approximate surface area is 209 Å². The lowest BCUT2D eigenvalue weighted by atomic mass is 10.0. The normalized spacial score (nSPS) is 14.3. The Morgan fingerprint density at radius 2 is 1.26 bits per heavy atom. The zero-order chi connectivity index (χ0) is 25.5. The summed E-state index contributed by atoms with van der Waals surface area (Å²) in [5.74, 6) is -0.390. The van der Waals surface area contributed by atoms with Crippen LogP contribution in [0.2, 0.25) is 0 Å². The van der Waals surface area contributed by atoms with E-state index in [1.54, 1.807) is 6.92 Å². The molecule has 2 atom stereocenters. The molecule has 0 aliphatic heterocycles. The molecule has 34 heavy (non-hydrogen) atoms. The number of rotatable bonds is 25. The van der Waals surface area contributed by atoms with Crippen molar-refractivity contribution >= 4 is 13.8 Å². The molecular weight excluding hydrogens is 453 g/mol. The van der Waals surface area contributed by atoms with E-state index in [1.807, 2.05) is 19.0 Å². The standard InChI is InChI=1S/C26H54NO6P/c1-5-6-7-8-9-10-11-12-13-14-15-16-17-18-19-20-26(28)31-23-25(2)24-33-34(29,30)32-22-21-27(3)4/h25H,5-24H2,1-4H3,(H,29,30). The average Bonchev–Trinajstić information content (AvgIpc) is 2.78. The minimum absolute atomic E-state index is 0.00197. The quantitative estimate of drug-likeness (QED) is 0.0799. The molecule has 0 rings (SSSR count). The Morgan fingerprint density at radius 1 is 0.794 bits per heavy atom. The first-order chi connectivity index (χ1) is 16.3. The highest BCUT2D eigenvalue weighted by Gasteiger charge is 2.22. The summed E-state index contributed by atoms with van der Waals surface area (Å²) in [5.41, 5.74) is 0. The first-order valence-electron chi connectivity index (χ1n) is 13.7. The topological polar surface area (TPSA) is 85.3 Å². The fourth-order valence-corrected chi connectivity index (χ4v) is 4.42. The van der Waals surface area contributed by atoms with E-state index in [0.29, 0.717) is 13.0 Å². The van der Waals surface area contributed by atoms with Crippen molar-refractivity contribution < 1.29 is 28.0 Å². The Balaban J connectivity index is 3.48. The second-order valence-corrected chi connectivity index (χ2v) is 11.3. The molecule has 0 spiro atoms. The number of ether oxygens (including phenoxy) is 1. The van der Waals surface area contributed by atoms with Gasteiger partial charge >= 0.3 is 13.8 Å². The number of esters is 1. The van der Waals surface area contributed by atoms with Gasteiger partial charge in [-0.1, -0.05) is 104 Å². The number of hydrogen-bond acceptors (Lipinski definition) is 6. The van der Waals surface area contributed by atoms with Crippen LogP contribution in [0.3, 0.4) is 0 Å². The summed E-state index contributed by atoms with van der Waals surface area (Å²) >= 11 is 0. The van der Waals surface area contributed by atoms with E-state index in [1.165, 1.54) is 83.5 Å². The van der Waals surface area contributed by atoms with Crippen molar-refractivity contribution in [2.75, 3.05) is 40.5 Å². The van der Waals surface area contributed by atoms with Crippen molar-refractivity contribution in [2.24, 2.45) is 5.92 Å². The van der Waals surface area contributed by atoms with Gasteiger partial charge in [0, 0.05) is 18.9 Å². The van der Waals surface area contributed by atoms with Crippen LogP contribution >= 0.6 is 7.82 Å². The lowest BCUT2D eigenvalue weighted by Gasteiger charge is -2.17. The Kier molecular flexibility index (Phi) is 22.7. The van der Waals surface area contributed by atoms with Crippen LogP contribution in [0, 0.1) is 5.92 Å². The Morgan fingerprint density at radius 3 is 1.74 bits per heavy atom.